The largest absolute Gasteiger partial charge is 0.453 e. The topological polar surface area (TPSA) is 56.2 Å². The molecule has 3 nitrogen and oxygen atoms in total. The molecular formula is C17H20FNO2. The molecule has 1 aliphatic rings. The summed E-state index contributed by atoms with van der Waals surface area (Å²) in [7, 11) is 0. The smallest absolute Gasteiger partial charge is 0.198 e. The maximum atomic E-state index is 13.2. The van der Waals surface area contributed by atoms with Crippen LogP contribution in [0.25, 0.3) is 11.0 Å². The molecule has 1 fully saturated rings. The number of hydrogen-bond donors (Lipinski definition) is 1. The Morgan fingerprint density at radius 1 is 1.24 bits per heavy atom. The van der Waals surface area contributed by atoms with Crippen molar-refractivity contribution in [3.05, 3.63) is 35.8 Å². The first-order chi connectivity index (χ1) is 10.1. The third-order valence-corrected chi connectivity index (χ3v) is 4.64. The molecule has 21 heavy (non-hydrogen) atoms. The zero-order chi connectivity index (χ0) is 14.9. The third-order valence-electron chi connectivity index (χ3n) is 4.64. The Morgan fingerprint density at radius 3 is 2.71 bits per heavy atom. The molecule has 2 aromatic rings. The van der Waals surface area contributed by atoms with Crippen LogP contribution in [0.1, 0.15) is 49.1 Å². The van der Waals surface area contributed by atoms with Crippen molar-refractivity contribution in [2.24, 2.45) is 11.1 Å². The zero-order valence-electron chi connectivity index (χ0n) is 12.0. The average Bonchev–Trinajstić information content (AvgIpc) is 2.91. The Hall–Kier alpha value is -1.68. The fourth-order valence-electron chi connectivity index (χ4n) is 3.33. The predicted octanol–water partition coefficient (Wildman–Crippen LogP) is 4.05. The lowest BCUT2D eigenvalue weighted by Gasteiger charge is -2.35. The first-order valence-electron chi connectivity index (χ1n) is 7.54. The summed E-state index contributed by atoms with van der Waals surface area (Å²) in [6, 6.07) is 5.91. The summed E-state index contributed by atoms with van der Waals surface area (Å²) < 4.78 is 18.8. The highest BCUT2D eigenvalue weighted by molar-refractivity contribution is 5.97. The van der Waals surface area contributed by atoms with Gasteiger partial charge >= 0.3 is 0 Å². The van der Waals surface area contributed by atoms with Crippen molar-refractivity contribution in [3.63, 3.8) is 0 Å². The van der Waals surface area contributed by atoms with Gasteiger partial charge in [0, 0.05) is 11.8 Å². The number of furan rings is 1. The van der Waals surface area contributed by atoms with Crippen molar-refractivity contribution in [2.45, 2.75) is 38.5 Å². The molecule has 1 heterocycles. The molecular weight excluding hydrogens is 269 g/mol. The van der Waals surface area contributed by atoms with Gasteiger partial charge in [-0.2, -0.15) is 0 Å². The molecule has 1 aliphatic carbocycles. The first-order valence-corrected chi connectivity index (χ1v) is 7.54. The minimum Gasteiger partial charge on any atom is -0.453 e. The van der Waals surface area contributed by atoms with Crippen molar-refractivity contribution in [1.29, 1.82) is 0 Å². The first kappa shape index (κ1) is 14.3. The van der Waals surface area contributed by atoms with Crippen LogP contribution in [-0.2, 0) is 0 Å². The van der Waals surface area contributed by atoms with Crippen molar-refractivity contribution in [2.75, 3.05) is 6.54 Å². The van der Waals surface area contributed by atoms with E-state index in [2.05, 4.69) is 0 Å². The molecule has 0 spiro atoms. The van der Waals surface area contributed by atoms with E-state index in [1.807, 2.05) is 0 Å². The molecule has 4 heteroatoms. The second-order valence-electron chi connectivity index (χ2n) is 6.16. The number of Topliss-reactive ketones (excluding diaryl/α,β-unsaturated/α-hetero) is 1. The van der Waals surface area contributed by atoms with Crippen LogP contribution in [-0.4, -0.2) is 12.3 Å². The number of benzene rings is 1. The molecule has 1 saturated carbocycles. The number of rotatable bonds is 4. The van der Waals surface area contributed by atoms with Gasteiger partial charge < -0.3 is 10.2 Å². The highest BCUT2D eigenvalue weighted by Gasteiger charge is 2.34. The molecule has 0 bridgehead atoms. The number of fused-ring (bicyclic) bond motifs is 1. The van der Waals surface area contributed by atoms with Crippen LogP contribution in [0.5, 0.6) is 0 Å². The van der Waals surface area contributed by atoms with Gasteiger partial charge in [0.25, 0.3) is 0 Å². The standard InChI is InChI=1S/C17H20FNO2/c18-13-4-5-15-12(8-13)9-16(21-15)14(20)10-17(11-19)6-2-1-3-7-17/h4-5,8-9H,1-3,6-7,10-11,19H2. The number of halogens is 1. The number of ketones is 1. The SMILES string of the molecule is NCC1(CC(=O)c2cc3cc(F)ccc3o2)CCCCC1. The van der Waals surface area contributed by atoms with E-state index in [1.165, 1.54) is 18.6 Å². The molecule has 1 aromatic heterocycles. The van der Waals surface area contributed by atoms with Crippen LogP contribution in [0.3, 0.4) is 0 Å². The molecule has 0 atom stereocenters. The summed E-state index contributed by atoms with van der Waals surface area (Å²) in [6.07, 6.45) is 5.92. The predicted molar refractivity (Wildman–Crippen MR) is 79.7 cm³/mol. The Kier molecular flexibility index (Phi) is 3.81. The minimum absolute atomic E-state index is 0.0287. The fourth-order valence-corrected chi connectivity index (χ4v) is 3.33. The average molecular weight is 289 g/mol. The van der Waals surface area contributed by atoms with Crippen molar-refractivity contribution in [1.82, 2.24) is 0 Å². The lowest BCUT2D eigenvalue weighted by Crippen LogP contribution is -2.35. The number of carbonyl (C=O) groups is 1. The van der Waals surface area contributed by atoms with E-state index in [-0.39, 0.29) is 17.0 Å². The van der Waals surface area contributed by atoms with E-state index in [4.69, 9.17) is 10.2 Å². The van der Waals surface area contributed by atoms with Gasteiger partial charge in [-0.25, -0.2) is 4.39 Å². The van der Waals surface area contributed by atoms with Gasteiger partial charge in [-0.15, -0.1) is 0 Å². The van der Waals surface area contributed by atoms with Crippen LogP contribution in [0.2, 0.25) is 0 Å². The van der Waals surface area contributed by atoms with Crippen molar-refractivity contribution < 1.29 is 13.6 Å². The Bertz CT molecular complexity index is 656. The lowest BCUT2D eigenvalue weighted by molar-refractivity contribution is 0.0842. The molecule has 1 aromatic carbocycles. The van der Waals surface area contributed by atoms with E-state index in [0.29, 0.717) is 29.7 Å². The van der Waals surface area contributed by atoms with Gasteiger partial charge in [0.1, 0.15) is 11.4 Å². The highest BCUT2D eigenvalue weighted by atomic mass is 19.1. The van der Waals surface area contributed by atoms with Crippen LogP contribution >= 0.6 is 0 Å². The van der Waals surface area contributed by atoms with E-state index in [0.717, 1.165) is 25.7 Å². The Labute approximate surface area is 123 Å². The molecule has 0 amide bonds. The van der Waals surface area contributed by atoms with Gasteiger partial charge in [-0.05, 0) is 49.1 Å². The van der Waals surface area contributed by atoms with Crippen LogP contribution in [0.4, 0.5) is 4.39 Å². The van der Waals surface area contributed by atoms with Gasteiger partial charge in [0.2, 0.25) is 0 Å². The minimum atomic E-state index is -0.326. The van der Waals surface area contributed by atoms with Crippen LogP contribution in [0.15, 0.2) is 28.7 Å². The molecule has 2 N–H and O–H groups in total. The molecule has 0 unspecified atom stereocenters. The summed E-state index contributed by atoms with van der Waals surface area (Å²) in [4.78, 5) is 12.5. The summed E-state index contributed by atoms with van der Waals surface area (Å²) in [5.41, 5.74) is 6.39. The highest BCUT2D eigenvalue weighted by Crippen LogP contribution is 2.39. The Morgan fingerprint density at radius 2 is 2.00 bits per heavy atom. The van der Waals surface area contributed by atoms with Crippen LogP contribution in [0, 0.1) is 11.2 Å². The maximum Gasteiger partial charge on any atom is 0.198 e. The second kappa shape index (κ2) is 5.60. The quantitative estimate of drug-likeness (QED) is 0.864. The van der Waals surface area contributed by atoms with E-state index >= 15 is 0 Å². The molecule has 112 valence electrons. The molecule has 3 rings (SSSR count). The Balaban J connectivity index is 1.82. The maximum absolute atomic E-state index is 13.2. The van der Waals surface area contributed by atoms with E-state index in [1.54, 1.807) is 12.1 Å². The number of hydrogen-bond acceptors (Lipinski definition) is 3. The van der Waals surface area contributed by atoms with Crippen molar-refractivity contribution in [3.8, 4) is 0 Å². The summed E-state index contributed by atoms with van der Waals surface area (Å²) in [6.45, 7) is 0.535. The number of carbonyl (C=O) groups excluding carboxylic acids is 1. The van der Waals surface area contributed by atoms with Gasteiger partial charge in [-0.1, -0.05) is 19.3 Å². The van der Waals surface area contributed by atoms with Gasteiger partial charge in [0.15, 0.2) is 11.5 Å². The number of nitrogens with two attached hydrogens (primary N) is 1. The zero-order valence-corrected chi connectivity index (χ0v) is 12.0. The normalized spacial score (nSPS) is 18.0. The fraction of sp³-hybridized carbons (Fsp3) is 0.471. The second-order valence-corrected chi connectivity index (χ2v) is 6.16. The van der Waals surface area contributed by atoms with Gasteiger partial charge in [0.05, 0.1) is 0 Å². The summed E-state index contributed by atoms with van der Waals surface area (Å²) in [5.74, 6) is -0.0408. The molecule has 0 aliphatic heterocycles. The van der Waals surface area contributed by atoms with E-state index < -0.39 is 0 Å². The molecule has 0 radical (unpaired) electrons. The van der Waals surface area contributed by atoms with Crippen molar-refractivity contribution >= 4 is 16.8 Å². The summed E-state index contributed by atoms with van der Waals surface area (Å²) >= 11 is 0. The third kappa shape index (κ3) is 2.86. The van der Waals surface area contributed by atoms with E-state index in [9.17, 15) is 9.18 Å². The lowest BCUT2D eigenvalue weighted by atomic mass is 9.71. The monoisotopic (exact) mass is 289 g/mol. The summed E-state index contributed by atoms with van der Waals surface area (Å²) in [5, 5.41) is 0.629. The van der Waals surface area contributed by atoms with Crippen LogP contribution < -0.4 is 5.73 Å². The van der Waals surface area contributed by atoms with Gasteiger partial charge in [-0.3, -0.25) is 4.79 Å². The molecule has 0 saturated heterocycles.